The molecule has 0 bridgehead atoms. The van der Waals surface area contributed by atoms with Crippen LogP contribution in [0.25, 0.3) is 5.57 Å². The van der Waals surface area contributed by atoms with Crippen LogP contribution in [0.1, 0.15) is 36.4 Å². The van der Waals surface area contributed by atoms with E-state index in [0.29, 0.717) is 6.54 Å². The van der Waals surface area contributed by atoms with Crippen molar-refractivity contribution in [2.24, 2.45) is 0 Å². The normalized spacial score (nSPS) is 21.3. The number of hydrogen-bond donors (Lipinski definition) is 1. The smallest absolute Gasteiger partial charge is 0.278 e. The zero-order chi connectivity index (χ0) is 20.9. The summed E-state index contributed by atoms with van der Waals surface area (Å²) in [5.41, 5.74) is 3.74. The lowest BCUT2D eigenvalue weighted by atomic mass is 9.99. The Hall–Kier alpha value is -2.79. The first-order valence-electron chi connectivity index (χ1n) is 10.8. The monoisotopic (exact) mass is 407 g/mol. The molecular weight excluding hydrogens is 376 g/mol. The molecule has 158 valence electrons. The molecule has 0 aromatic heterocycles. The van der Waals surface area contributed by atoms with Gasteiger partial charge in [0.25, 0.3) is 5.91 Å². The first kappa shape index (κ1) is 20.5. The number of likely N-dealkylation sites (tertiary alicyclic amines) is 1. The molecule has 2 aliphatic rings. The molecule has 0 saturated carbocycles. The Balaban J connectivity index is 1.43. The summed E-state index contributed by atoms with van der Waals surface area (Å²) in [7, 11) is 3.35. The summed E-state index contributed by atoms with van der Waals surface area (Å²) in [6.07, 6.45) is 5.29. The van der Waals surface area contributed by atoms with Gasteiger partial charge < -0.3 is 19.3 Å². The number of carbonyl (C=O) groups excluding carboxylic acids is 1. The molecule has 4 rings (SSSR count). The molecule has 1 fully saturated rings. The van der Waals surface area contributed by atoms with Crippen molar-refractivity contribution in [3.63, 3.8) is 0 Å². The average molecular weight is 408 g/mol. The van der Waals surface area contributed by atoms with E-state index in [1.54, 1.807) is 14.2 Å². The molecule has 1 N–H and O–H groups in total. The number of hydrogen-bond acceptors (Lipinski definition) is 3. The number of benzene rings is 2. The van der Waals surface area contributed by atoms with E-state index >= 15 is 0 Å². The lowest BCUT2D eigenvalue weighted by Crippen LogP contribution is -3.13. The minimum absolute atomic E-state index is 0.0576. The summed E-state index contributed by atoms with van der Waals surface area (Å²) in [6, 6.07) is 16.4. The Bertz CT molecular complexity index is 910. The second kappa shape index (κ2) is 9.35. The van der Waals surface area contributed by atoms with Gasteiger partial charge in [-0.15, -0.1) is 0 Å². The quantitative estimate of drug-likeness (QED) is 0.801. The van der Waals surface area contributed by atoms with Crippen molar-refractivity contribution in [3.05, 3.63) is 65.7 Å². The van der Waals surface area contributed by atoms with Crippen molar-refractivity contribution in [2.45, 2.75) is 25.3 Å². The zero-order valence-electron chi connectivity index (χ0n) is 17.9. The van der Waals surface area contributed by atoms with Crippen LogP contribution in [0.15, 0.2) is 54.6 Å². The van der Waals surface area contributed by atoms with E-state index in [0.717, 1.165) is 56.0 Å². The topological polar surface area (TPSA) is 43.2 Å². The molecule has 5 nitrogen and oxygen atoms in total. The minimum Gasteiger partial charge on any atom is -0.497 e. The first-order chi connectivity index (χ1) is 14.7. The van der Waals surface area contributed by atoms with Crippen LogP contribution in [0, 0.1) is 0 Å². The highest BCUT2D eigenvalue weighted by Gasteiger charge is 2.34. The van der Waals surface area contributed by atoms with E-state index < -0.39 is 0 Å². The molecule has 0 aliphatic carbocycles. The molecule has 30 heavy (non-hydrogen) atoms. The van der Waals surface area contributed by atoms with Crippen LogP contribution in [-0.4, -0.2) is 51.2 Å². The zero-order valence-corrected chi connectivity index (χ0v) is 17.9. The van der Waals surface area contributed by atoms with Gasteiger partial charge in [0.05, 0.1) is 33.4 Å². The van der Waals surface area contributed by atoms with Gasteiger partial charge in [0.15, 0.2) is 6.54 Å². The predicted molar refractivity (Wildman–Crippen MR) is 118 cm³/mol. The molecule has 2 heterocycles. The predicted octanol–water partition coefficient (Wildman–Crippen LogP) is 2.74. The van der Waals surface area contributed by atoms with Gasteiger partial charge in [-0.1, -0.05) is 30.3 Å². The molecule has 2 atom stereocenters. The first-order valence-corrected chi connectivity index (χ1v) is 10.8. The second-order valence-corrected chi connectivity index (χ2v) is 8.08. The van der Waals surface area contributed by atoms with E-state index in [2.05, 4.69) is 30.3 Å². The number of carbonyl (C=O) groups is 1. The number of nitrogens with zero attached hydrogens (tertiary/aromatic N) is 1. The van der Waals surface area contributed by atoms with Crippen LogP contribution in [0.3, 0.4) is 0 Å². The Morgan fingerprint density at radius 3 is 2.67 bits per heavy atom. The van der Waals surface area contributed by atoms with Gasteiger partial charge in [0.1, 0.15) is 11.5 Å². The molecule has 2 aliphatic heterocycles. The van der Waals surface area contributed by atoms with Crippen molar-refractivity contribution < 1.29 is 19.2 Å². The molecule has 0 radical (unpaired) electrons. The number of nitrogens with one attached hydrogen (secondary N) is 1. The fourth-order valence-electron chi connectivity index (χ4n) is 4.66. The maximum atomic E-state index is 13.2. The Morgan fingerprint density at radius 1 is 1.13 bits per heavy atom. The SMILES string of the molecule is COc1ccc(OC)c([C@@H]2CCCN2C(=O)C[NH+]2CC=C(c3ccccc3)CC2)c1. The van der Waals surface area contributed by atoms with Crippen LogP contribution in [0.2, 0.25) is 0 Å². The number of methoxy groups -OCH3 is 2. The third-order valence-electron chi connectivity index (χ3n) is 6.30. The molecule has 2 aromatic rings. The van der Waals surface area contributed by atoms with Gasteiger partial charge in [-0.05, 0) is 48.3 Å². The standard InChI is InChI=1S/C25H30N2O3/c1-29-21-10-11-24(30-2)22(17-21)23-9-6-14-27(23)25(28)18-26-15-12-20(13-16-26)19-7-4-3-5-8-19/h3-5,7-8,10-12,17,23H,6,9,13-16,18H2,1-2H3/p+1/t23-/m0/s1. The average Bonchev–Trinajstić information content (AvgIpc) is 3.30. The van der Waals surface area contributed by atoms with Crippen LogP contribution < -0.4 is 14.4 Å². The lowest BCUT2D eigenvalue weighted by Gasteiger charge is -2.29. The number of ether oxygens (including phenoxy) is 2. The Morgan fingerprint density at radius 2 is 1.97 bits per heavy atom. The fraction of sp³-hybridized carbons (Fsp3) is 0.400. The van der Waals surface area contributed by atoms with E-state index in [1.807, 2.05) is 29.2 Å². The summed E-state index contributed by atoms with van der Waals surface area (Å²) < 4.78 is 11.0. The Kier molecular flexibility index (Phi) is 6.38. The van der Waals surface area contributed by atoms with Gasteiger partial charge in [0.2, 0.25) is 0 Å². The third-order valence-corrected chi connectivity index (χ3v) is 6.30. The van der Waals surface area contributed by atoms with Crippen molar-refractivity contribution >= 4 is 11.5 Å². The van der Waals surface area contributed by atoms with Crippen molar-refractivity contribution in [2.75, 3.05) is 40.4 Å². The van der Waals surface area contributed by atoms with Gasteiger partial charge in [-0.2, -0.15) is 0 Å². The van der Waals surface area contributed by atoms with E-state index in [1.165, 1.54) is 16.0 Å². The molecule has 2 aromatic carbocycles. The summed E-state index contributed by atoms with van der Waals surface area (Å²) in [4.78, 5) is 16.6. The van der Waals surface area contributed by atoms with E-state index in [9.17, 15) is 4.79 Å². The van der Waals surface area contributed by atoms with Gasteiger partial charge >= 0.3 is 0 Å². The van der Waals surface area contributed by atoms with Crippen LogP contribution >= 0.6 is 0 Å². The summed E-state index contributed by atoms with van der Waals surface area (Å²) >= 11 is 0. The highest BCUT2D eigenvalue weighted by molar-refractivity contribution is 5.78. The third kappa shape index (κ3) is 4.36. The molecule has 5 heteroatoms. The highest BCUT2D eigenvalue weighted by atomic mass is 16.5. The van der Waals surface area contributed by atoms with Crippen molar-refractivity contribution in [1.82, 2.24) is 4.90 Å². The summed E-state index contributed by atoms with van der Waals surface area (Å²) in [5.74, 6) is 1.85. The molecule has 0 spiro atoms. The van der Waals surface area contributed by atoms with Crippen molar-refractivity contribution in [3.8, 4) is 11.5 Å². The van der Waals surface area contributed by atoms with Gasteiger partial charge in [-0.25, -0.2) is 0 Å². The largest absolute Gasteiger partial charge is 0.497 e. The van der Waals surface area contributed by atoms with Crippen LogP contribution in [-0.2, 0) is 4.79 Å². The van der Waals surface area contributed by atoms with E-state index in [-0.39, 0.29) is 11.9 Å². The maximum absolute atomic E-state index is 13.2. The maximum Gasteiger partial charge on any atom is 0.278 e. The summed E-state index contributed by atoms with van der Waals surface area (Å²) in [6.45, 7) is 3.24. The number of quaternary nitrogens is 1. The molecule has 1 amide bonds. The van der Waals surface area contributed by atoms with Crippen molar-refractivity contribution in [1.29, 1.82) is 0 Å². The fourth-order valence-corrected chi connectivity index (χ4v) is 4.66. The highest BCUT2D eigenvalue weighted by Crippen LogP contribution is 2.38. The van der Waals surface area contributed by atoms with E-state index in [4.69, 9.17) is 9.47 Å². The molecule has 1 saturated heterocycles. The minimum atomic E-state index is 0.0576. The second-order valence-electron chi connectivity index (χ2n) is 8.08. The number of amides is 1. The Labute approximate surface area is 178 Å². The van der Waals surface area contributed by atoms with Crippen LogP contribution in [0.4, 0.5) is 0 Å². The lowest BCUT2D eigenvalue weighted by molar-refractivity contribution is -0.887. The van der Waals surface area contributed by atoms with Crippen LogP contribution in [0.5, 0.6) is 11.5 Å². The summed E-state index contributed by atoms with van der Waals surface area (Å²) in [5, 5.41) is 0. The molecule has 1 unspecified atom stereocenters. The van der Waals surface area contributed by atoms with Gasteiger partial charge in [-0.3, -0.25) is 4.79 Å². The number of rotatable bonds is 6. The van der Waals surface area contributed by atoms with Gasteiger partial charge in [0, 0.05) is 18.5 Å². The molecular formula is C25H31N2O3+.